The molecule has 4 nitrogen and oxygen atoms in total. The highest BCUT2D eigenvalue weighted by Crippen LogP contribution is 2.21. The molecule has 0 aliphatic rings. The number of carbonyl (C=O) groups is 1. The second kappa shape index (κ2) is 6.61. The average Bonchev–Trinajstić information content (AvgIpc) is 3.11. The number of hydrogen-bond acceptors (Lipinski definition) is 3. The molecule has 0 amide bonds. The summed E-state index contributed by atoms with van der Waals surface area (Å²) < 4.78 is 5.35. The molecule has 1 N–H and O–H groups in total. The van der Waals surface area contributed by atoms with Crippen LogP contribution in [0.1, 0.15) is 15.9 Å². The van der Waals surface area contributed by atoms with Crippen LogP contribution in [0, 0.1) is 0 Å². The Kier molecular flexibility index (Phi) is 4.01. The molecule has 4 aromatic rings. The third-order valence-corrected chi connectivity index (χ3v) is 4.00. The molecule has 3 aromatic carbocycles. The van der Waals surface area contributed by atoms with Crippen LogP contribution in [0.3, 0.4) is 0 Å². The molecule has 0 aliphatic carbocycles. The minimum atomic E-state index is -0.333. The van der Waals surface area contributed by atoms with Gasteiger partial charge >= 0.3 is 5.97 Å². The molecule has 0 unspecified atom stereocenters. The van der Waals surface area contributed by atoms with E-state index in [0.717, 1.165) is 28.0 Å². The summed E-state index contributed by atoms with van der Waals surface area (Å²) in [5.41, 5.74) is 4.33. The first-order valence-electron chi connectivity index (χ1n) is 8.06. The van der Waals surface area contributed by atoms with Gasteiger partial charge in [-0.15, -0.1) is 0 Å². The Labute approximate surface area is 145 Å². The van der Waals surface area contributed by atoms with Crippen molar-refractivity contribution in [1.29, 1.82) is 0 Å². The summed E-state index contributed by atoms with van der Waals surface area (Å²) in [7, 11) is 0. The van der Waals surface area contributed by atoms with Gasteiger partial charge in [0.1, 0.15) is 12.4 Å². The number of aromatic nitrogens is 2. The van der Waals surface area contributed by atoms with Crippen molar-refractivity contribution in [3.63, 3.8) is 0 Å². The minimum absolute atomic E-state index is 0.269. The number of benzene rings is 3. The van der Waals surface area contributed by atoms with Crippen molar-refractivity contribution in [2.75, 3.05) is 0 Å². The standard InChI is InChI=1S/C21H16N2O2/c24-21(25-14-15-6-2-1-3-7-15)17-12-10-16(11-13-17)20-22-18-8-4-5-9-19(18)23-20/h1-13H,14H2,(H,22,23). The summed E-state index contributed by atoms with van der Waals surface area (Å²) in [6.07, 6.45) is 0. The summed E-state index contributed by atoms with van der Waals surface area (Å²) in [5.74, 6) is 0.449. The molecule has 0 aliphatic heterocycles. The number of esters is 1. The molecule has 122 valence electrons. The lowest BCUT2D eigenvalue weighted by molar-refractivity contribution is 0.0473. The first-order chi connectivity index (χ1) is 12.3. The number of ether oxygens (including phenoxy) is 1. The van der Waals surface area contributed by atoms with Gasteiger partial charge in [0.25, 0.3) is 0 Å². The SMILES string of the molecule is O=C(OCc1ccccc1)c1ccc(-c2nc3ccccc3[nH]2)cc1. The number of para-hydroxylation sites is 2. The topological polar surface area (TPSA) is 55.0 Å². The van der Waals surface area contributed by atoms with Crippen LogP contribution in [0.5, 0.6) is 0 Å². The van der Waals surface area contributed by atoms with E-state index in [-0.39, 0.29) is 12.6 Å². The summed E-state index contributed by atoms with van der Waals surface area (Å²) >= 11 is 0. The molecule has 0 radical (unpaired) electrons. The molecular formula is C21H16N2O2. The lowest BCUT2D eigenvalue weighted by Gasteiger charge is -2.05. The van der Waals surface area contributed by atoms with E-state index in [4.69, 9.17) is 4.74 Å². The van der Waals surface area contributed by atoms with Gasteiger partial charge < -0.3 is 9.72 Å². The van der Waals surface area contributed by atoms with Crippen molar-refractivity contribution < 1.29 is 9.53 Å². The molecule has 0 saturated carbocycles. The normalized spacial score (nSPS) is 10.7. The van der Waals surface area contributed by atoms with Crippen molar-refractivity contribution >= 4 is 17.0 Å². The Balaban J connectivity index is 1.48. The molecule has 0 spiro atoms. The number of H-pyrrole nitrogens is 1. The molecular weight excluding hydrogens is 312 g/mol. The molecule has 0 saturated heterocycles. The smallest absolute Gasteiger partial charge is 0.338 e. The number of hydrogen-bond donors (Lipinski definition) is 1. The molecule has 1 heterocycles. The first-order valence-corrected chi connectivity index (χ1v) is 8.06. The van der Waals surface area contributed by atoms with E-state index < -0.39 is 0 Å². The van der Waals surface area contributed by atoms with Crippen LogP contribution >= 0.6 is 0 Å². The Morgan fingerprint density at radius 1 is 0.880 bits per heavy atom. The van der Waals surface area contributed by atoms with Crippen molar-refractivity contribution in [3.8, 4) is 11.4 Å². The number of rotatable bonds is 4. The average molecular weight is 328 g/mol. The van der Waals surface area contributed by atoms with Crippen molar-refractivity contribution in [1.82, 2.24) is 9.97 Å². The zero-order valence-electron chi connectivity index (χ0n) is 13.5. The van der Waals surface area contributed by atoms with Gasteiger partial charge in [0, 0.05) is 5.56 Å². The number of aromatic amines is 1. The predicted molar refractivity (Wildman–Crippen MR) is 97.1 cm³/mol. The molecule has 0 fully saturated rings. The van der Waals surface area contributed by atoms with E-state index in [9.17, 15) is 4.79 Å². The van der Waals surface area contributed by atoms with Crippen LogP contribution in [-0.2, 0) is 11.3 Å². The van der Waals surface area contributed by atoms with Crippen molar-refractivity contribution in [2.45, 2.75) is 6.61 Å². The lowest BCUT2D eigenvalue weighted by atomic mass is 10.1. The Morgan fingerprint density at radius 3 is 2.36 bits per heavy atom. The van der Waals surface area contributed by atoms with Gasteiger partial charge in [-0.3, -0.25) is 0 Å². The zero-order chi connectivity index (χ0) is 17.1. The second-order valence-corrected chi connectivity index (χ2v) is 5.74. The van der Waals surface area contributed by atoms with Crippen LogP contribution in [-0.4, -0.2) is 15.9 Å². The fourth-order valence-electron chi connectivity index (χ4n) is 2.66. The van der Waals surface area contributed by atoms with Gasteiger partial charge in [-0.25, -0.2) is 9.78 Å². The van der Waals surface area contributed by atoms with Gasteiger partial charge in [0.15, 0.2) is 0 Å². The minimum Gasteiger partial charge on any atom is -0.457 e. The maximum atomic E-state index is 12.2. The first kappa shape index (κ1) is 15.1. The Hall–Kier alpha value is -3.40. The lowest BCUT2D eigenvalue weighted by Crippen LogP contribution is -2.05. The van der Waals surface area contributed by atoms with Crippen LogP contribution in [0.15, 0.2) is 78.9 Å². The number of carbonyl (C=O) groups excluding carboxylic acids is 1. The molecule has 1 aromatic heterocycles. The summed E-state index contributed by atoms with van der Waals surface area (Å²) in [6.45, 7) is 0.269. The quantitative estimate of drug-likeness (QED) is 0.558. The summed E-state index contributed by atoms with van der Waals surface area (Å²) in [4.78, 5) is 20.0. The third kappa shape index (κ3) is 3.28. The zero-order valence-corrected chi connectivity index (χ0v) is 13.5. The Bertz CT molecular complexity index is 972. The highest BCUT2D eigenvalue weighted by Gasteiger charge is 2.09. The van der Waals surface area contributed by atoms with E-state index in [1.165, 1.54) is 0 Å². The van der Waals surface area contributed by atoms with Crippen LogP contribution < -0.4 is 0 Å². The molecule has 4 rings (SSSR count). The van der Waals surface area contributed by atoms with Gasteiger partial charge in [0.05, 0.1) is 16.6 Å². The molecule has 0 bridgehead atoms. The van der Waals surface area contributed by atoms with E-state index in [0.29, 0.717) is 5.56 Å². The highest BCUT2D eigenvalue weighted by atomic mass is 16.5. The van der Waals surface area contributed by atoms with Crippen LogP contribution in [0.2, 0.25) is 0 Å². The van der Waals surface area contributed by atoms with Gasteiger partial charge in [-0.2, -0.15) is 0 Å². The molecule has 0 atom stereocenters. The van der Waals surface area contributed by atoms with E-state index in [2.05, 4.69) is 9.97 Å². The van der Waals surface area contributed by atoms with Gasteiger partial charge in [0.2, 0.25) is 0 Å². The maximum absolute atomic E-state index is 12.2. The number of nitrogens with zero attached hydrogens (tertiary/aromatic N) is 1. The number of imidazole rings is 1. The predicted octanol–water partition coefficient (Wildman–Crippen LogP) is 4.59. The number of fused-ring (bicyclic) bond motifs is 1. The van der Waals surface area contributed by atoms with Crippen molar-refractivity contribution in [3.05, 3.63) is 90.0 Å². The van der Waals surface area contributed by atoms with Gasteiger partial charge in [-0.05, 0) is 29.8 Å². The maximum Gasteiger partial charge on any atom is 0.338 e. The summed E-state index contributed by atoms with van der Waals surface area (Å²) in [5, 5.41) is 0. The van der Waals surface area contributed by atoms with Crippen LogP contribution in [0.25, 0.3) is 22.4 Å². The van der Waals surface area contributed by atoms with Crippen molar-refractivity contribution in [2.24, 2.45) is 0 Å². The van der Waals surface area contributed by atoms with E-state index in [1.807, 2.05) is 66.7 Å². The number of nitrogens with one attached hydrogen (secondary N) is 1. The van der Waals surface area contributed by atoms with E-state index >= 15 is 0 Å². The fraction of sp³-hybridized carbons (Fsp3) is 0.0476. The Morgan fingerprint density at radius 2 is 1.60 bits per heavy atom. The van der Waals surface area contributed by atoms with Gasteiger partial charge in [-0.1, -0.05) is 54.6 Å². The molecule has 25 heavy (non-hydrogen) atoms. The second-order valence-electron chi connectivity index (χ2n) is 5.74. The molecule has 4 heteroatoms. The summed E-state index contributed by atoms with van der Waals surface area (Å²) in [6, 6.07) is 24.8. The largest absolute Gasteiger partial charge is 0.457 e. The fourth-order valence-corrected chi connectivity index (χ4v) is 2.66. The monoisotopic (exact) mass is 328 g/mol. The van der Waals surface area contributed by atoms with E-state index in [1.54, 1.807) is 12.1 Å². The highest BCUT2D eigenvalue weighted by molar-refractivity contribution is 5.90. The third-order valence-electron chi connectivity index (χ3n) is 4.00. The van der Waals surface area contributed by atoms with Crippen LogP contribution in [0.4, 0.5) is 0 Å².